The number of hydrogen-bond acceptors (Lipinski definition) is 1. The van der Waals surface area contributed by atoms with Crippen LogP contribution in [0.25, 0.3) is 0 Å². The molecule has 1 heteroatoms. The monoisotopic (exact) mass is 207 g/mol. The molecule has 0 aromatic rings. The van der Waals surface area contributed by atoms with Gasteiger partial charge in [0.2, 0.25) is 0 Å². The maximum Gasteiger partial charge on any atom is 0.0149 e. The standard InChI is InChI=1S/C14H25N/c1-9(2)14-13-11-6-4-10(5-7-11)12(13)8-15(14)3/h9-14H,4-8H2,1-3H3. The molecule has 4 aliphatic rings. The first-order chi connectivity index (χ1) is 7.18. The highest BCUT2D eigenvalue weighted by Crippen LogP contribution is 2.54. The summed E-state index contributed by atoms with van der Waals surface area (Å²) in [5.41, 5.74) is 0. The molecule has 0 aromatic carbocycles. The lowest BCUT2D eigenvalue weighted by Crippen LogP contribution is -2.44. The molecule has 1 heterocycles. The van der Waals surface area contributed by atoms with Crippen LogP contribution in [0.2, 0.25) is 0 Å². The van der Waals surface area contributed by atoms with Gasteiger partial charge in [0.15, 0.2) is 0 Å². The van der Waals surface area contributed by atoms with Crippen LogP contribution < -0.4 is 0 Å². The van der Waals surface area contributed by atoms with Crippen molar-refractivity contribution in [3.63, 3.8) is 0 Å². The zero-order chi connectivity index (χ0) is 10.6. The molecular formula is C14H25N. The molecule has 4 rings (SSSR count). The first kappa shape index (κ1) is 10.1. The summed E-state index contributed by atoms with van der Waals surface area (Å²) in [5.74, 6) is 5.14. The Hall–Kier alpha value is -0.0400. The lowest BCUT2D eigenvalue weighted by atomic mass is 9.57. The predicted molar refractivity (Wildman–Crippen MR) is 63.7 cm³/mol. The highest BCUT2D eigenvalue weighted by molar-refractivity contribution is 5.03. The summed E-state index contributed by atoms with van der Waals surface area (Å²) >= 11 is 0. The smallest absolute Gasteiger partial charge is 0.0149 e. The number of rotatable bonds is 1. The largest absolute Gasteiger partial charge is 0.303 e. The van der Waals surface area contributed by atoms with Gasteiger partial charge in [-0.1, -0.05) is 13.8 Å². The topological polar surface area (TPSA) is 3.24 Å². The maximum atomic E-state index is 2.68. The summed E-state index contributed by atoms with van der Waals surface area (Å²) in [6, 6.07) is 0.892. The molecule has 1 nitrogen and oxygen atoms in total. The van der Waals surface area contributed by atoms with E-state index in [0.29, 0.717) is 0 Å². The van der Waals surface area contributed by atoms with Gasteiger partial charge in [-0.15, -0.1) is 0 Å². The Bertz CT molecular complexity index is 240. The van der Waals surface area contributed by atoms with Crippen molar-refractivity contribution in [1.82, 2.24) is 4.90 Å². The minimum atomic E-state index is 0.851. The Labute approximate surface area is 94.2 Å². The summed E-state index contributed by atoms with van der Waals surface area (Å²) in [7, 11) is 2.36. The minimum absolute atomic E-state index is 0.851. The molecule has 1 aliphatic heterocycles. The van der Waals surface area contributed by atoms with E-state index < -0.39 is 0 Å². The van der Waals surface area contributed by atoms with Gasteiger partial charge in [-0.05, 0) is 62.3 Å². The van der Waals surface area contributed by atoms with Crippen molar-refractivity contribution in [3.8, 4) is 0 Å². The molecule has 3 saturated carbocycles. The normalized spacial score (nSPS) is 50.0. The third-order valence-electron chi connectivity index (χ3n) is 5.55. The molecule has 1 saturated heterocycles. The molecule has 86 valence electrons. The number of likely N-dealkylation sites (tertiary alicyclic amines) is 1. The van der Waals surface area contributed by atoms with Crippen molar-refractivity contribution in [1.29, 1.82) is 0 Å². The quantitative estimate of drug-likeness (QED) is 0.639. The third-order valence-corrected chi connectivity index (χ3v) is 5.55. The molecule has 3 unspecified atom stereocenters. The van der Waals surface area contributed by atoms with Crippen LogP contribution in [0.4, 0.5) is 0 Å². The van der Waals surface area contributed by atoms with Crippen molar-refractivity contribution in [2.75, 3.05) is 13.6 Å². The summed E-state index contributed by atoms with van der Waals surface area (Å²) in [4.78, 5) is 2.68. The van der Waals surface area contributed by atoms with Gasteiger partial charge >= 0.3 is 0 Å². The first-order valence-electron chi connectivity index (χ1n) is 6.88. The lowest BCUT2D eigenvalue weighted by molar-refractivity contribution is 0.0313. The van der Waals surface area contributed by atoms with Crippen LogP contribution in [0.15, 0.2) is 0 Å². The molecule has 4 fully saturated rings. The van der Waals surface area contributed by atoms with Gasteiger partial charge in [-0.3, -0.25) is 0 Å². The molecular weight excluding hydrogens is 182 g/mol. The van der Waals surface area contributed by atoms with E-state index >= 15 is 0 Å². The maximum absolute atomic E-state index is 2.68. The number of fused-ring (bicyclic) bond motifs is 2. The summed E-state index contributed by atoms with van der Waals surface area (Å²) in [6.07, 6.45) is 6.18. The van der Waals surface area contributed by atoms with E-state index in [0.717, 1.165) is 35.6 Å². The predicted octanol–water partition coefficient (Wildman–Crippen LogP) is 3.01. The highest BCUT2D eigenvalue weighted by atomic mass is 15.2. The second-order valence-corrected chi connectivity index (χ2v) is 6.59. The summed E-state index contributed by atoms with van der Waals surface area (Å²) in [5, 5.41) is 0. The fourth-order valence-corrected chi connectivity index (χ4v) is 5.13. The van der Waals surface area contributed by atoms with Crippen molar-refractivity contribution in [3.05, 3.63) is 0 Å². The fraction of sp³-hybridized carbons (Fsp3) is 1.00. The zero-order valence-corrected chi connectivity index (χ0v) is 10.4. The second-order valence-electron chi connectivity index (χ2n) is 6.59. The fourth-order valence-electron chi connectivity index (χ4n) is 5.13. The average Bonchev–Trinajstić information content (AvgIpc) is 2.58. The summed E-state index contributed by atoms with van der Waals surface area (Å²) < 4.78 is 0. The average molecular weight is 207 g/mol. The second kappa shape index (κ2) is 3.48. The number of nitrogens with zero attached hydrogens (tertiary/aromatic N) is 1. The lowest BCUT2D eigenvalue weighted by Gasteiger charge is -2.47. The van der Waals surface area contributed by atoms with Gasteiger partial charge in [-0.25, -0.2) is 0 Å². The molecule has 0 aromatic heterocycles. The van der Waals surface area contributed by atoms with Crippen LogP contribution in [0.1, 0.15) is 39.5 Å². The van der Waals surface area contributed by atoms with Crippen LogP contribution in [0, 0.1) is 29.6 Å². The molecule has 0 N–H and O–H groups in total. The molecule has 3 atom stereocenters. The zero-order valence-electron chi connectivity index (χ0n) is 10.4. The van der Waals surface area contributed by atoms with E-state index in [2.05, 4.69) is 25.8 Å². The first-order valence-corrected chi connectivity index (χ1v) is 6.88. The molecule has 15 heavy (non-hydrogen) atoms. The van der Waals surface area contributed by atoms with E-state index in [1.54, 1.807) is 25.7 Å². The van der Waals surface area contributed by atoms with E-state index in [-0.39, 0.29) is 0 Å². The number of hydrogen-bond donors (Lipinski definition) is 0. The highest BCUT2D eigenvalue weighted by Gasteiger charge is 2.52. The minimum Gasteiger partial charge on any atom is -0.303 e. The molecule has 2 bridgehead atoms. The van der Waals surface area contributed by atoms with E-state index in [1.165, 1.54) is 6.54 Å². The van der Waals surface area contributed by atoms with E-state index in [9.17, 15) is 0 Å². The van der Waals surface area contributed by atoms with Crippen LogP contribution in [-0.4, -0.2) is 24.5 Å². The molecule has 0 amide bonds. The van der Waals surface area contributed by atoms with E-state index in [4.69, 9.17) is 0 Å². The van der Waals surface area contributed by atoms with Gasteiger partial charge in [0, 0.05) is 12.6 Å². The van der Waals surface area contributed by atoms with Crippen molar-refractivity contribution >= 4 is 0 Å². The Balaban J connectivity index is 1.88. The van der Waals surface area contributed by atoms with Crippen LogP contribution >= 0.6 is 0 Å². The van der Waals surface area contributed by atoms with Crippen molar-refractivity contribution in [2.24, 2.45) is 29.6 Å². The molecule has 3 aliphatic carbocycles. The third kappa shape index (κ3) is 1.39. The molecule has 0 spiro atoms. The molecule has 0 radical (unpaired) electrons. The van der Waals surface area contributed by atoms with Crippen molar-refractivity contribution < 1.29 is 0 Å². The SMILES string of the molecule is CC(C)C1C2C3CCC(CC3)C2CN1C. The Morgan fingerprint density at radius 2 is 1.60 bits per heavy atom. The van der Waals surface area contributed by atoms with Crippen LogP contribution in [0.3, 0.4) is 0 Å². The summed E-state index contributed by atoms with van der Waals surface area (Å²) in [6.45, 7) is 6.24. The van der Waals surface area contributed by atoms with Gasteiger partial charge in [0.25, 0.3) is 0 Å². The van der Waals surface area contributed by atoms with Crippen molar-refractivity contribution in [2.45, 2.75) is 45.6 Å². The van der Waals surface area contributed by atoms with Crippen LogP contribution in [0.5, 0.6) is 0 Å². The van der Waals surface area contributed by atoms with Gasteiger partial charge < -0.3 is 4.90 Å². The van der Waals surface area contributed by atoms with E-state index in [1.807, 2.05) is 0 Å². The Morgan fingerprint density at radius 3 is 2.20 bits per heavy atom. The Morgan fingerprint density at radius 1 is 1.00 bits per heavy atom. The van der Waals surface area contributed by atoms with Crippen LogP contribution in [-0.2, 0) is 0 Å². The van der Waals surface area contributed by atoms with Gasteiger partial charge in [0.05, 0.1) is 0 Å². The van der Waals surface area contributed by atoms with Gasteiger partial charge in [0.1, 0.15) is 0 Å². The Kier molecular flexibility index (Phi) is 2.35. The van der Waals surface area contributed by atoms with Gasteiger partial charge in [-0.2, -0.15) is 0 Å².